The number of hydrogen-bond acceptors (Lipinski definition) is 4. The van der Waals surface area contributed by atoms with E-state index in [1.807, 2.05) is 30.3 Å². The molecule has 0 aliphatic carbocycles. The highest BCUT2D eigenvalue weighted by atomic mass is 16.5. The summed E-state index contributed by atoms with van der Waals surface area (Å²) in [5, 5.41) is 5.60. The topological polar surface area (TPSA) is 76.7 Å². The van der Waals surface area contributed by atoms with E-state index in [-0.39, 0.29) is 5.91 Å². The fourth-order valence-electron chi connectivity index (χ4n) is 2.50. The van der Waals surface area contributed by atoms with Gasteiger partial charge in [-0.05, 0) is 50.1 Å². The number of rotatable bonds is 8. The predicted molar refractivity (Wildman–Crippen MR) is 105 cm³/mol. The van der Waals surface area contributed by atoms with Crippen LogP contribution in [0.4, 0.5) is 5.69 Å². The quantitative estimate of drug-likeness (QED) is 0.701. The van der Waals surface area contributed by atoms with Crippen molar-refractivity contribution < 1.29 is 19.1 Å². The molecule has 2 aromatic carbocycles. The van der Waals surface area contributed by atoms with E-state index >= 15 is 0 Å². The number of benzene rings is 2. The summed E-state index contributed by atoms with van der Waals surface area (Å²) in [6.45, 7) is 3.62. The van der Waals surface area contributed by atoms with Crippen molar-refractivity contribution in [2.24, 2.45) is 5.41 Å². The third-order valence-corrected chi connectivity index (χ3v) is 4.32. The fraction of sp³-hybridized carbons (Fsp3) is 0.333. The molecule has 0 fully saturated rings. The Labute approximate surface area is 159 Å². The lowest BCUT2D eigenvalue weighted by Crippen LogP contribution is -2.45. The third-order valence-electron chi connectivity index (χ3n) is 4.32. The van der Waals surface area contributed by atoms with E-state index in [2.05, 4.69) is 10.6 Å². The molecule has 0 atom stereocenters. The molecule has 0 aliphatic rings. The van der Waals surface area contributed by atoms with Crippen molar-refractivity contribution in [2.45, 2.75) is 20.3 Å². The molecule has 6 heteroatoms. The molecule has 2 amide bonds. The number of carbonyl (C=O) groups excluding carboxylic acids is 2. The van der Waals surface area contributed by atoms with Gasteiger partial charge in [-0.15, -0.1) is 0 Å². The van der Waals surface area contributed by atoms with Gasteiger partial charge in [-0.25, -0.2) is 0 Å². The summed E-state index contributed by atoms with van der Waals surface area (Å²) >= 11 is 0. The summed E-state index contributed by atoms with van der Waals surface area (Å²) in [6.07, 6.45) is 0.646. The van der Waals surface area contributed by atoms with Crippen LogP contribution in [0.5, 0.6) is 11.5 Å². The van der Waals surface area contributed by atoms with Gasteiger partial charge in [0.15, 0.2) is 0 Å². The molecule has 0 heterocycles. The van der Waals surface area contributed by atoms with Crippen LogP contribution in [0.3, 0.4) is 0 Å². The van der Waals surface area contributed by atoms with E-state index in [0.29, 0.717) is 24.4 Å². The van der Waals surface area contributed by atoms with Crippen LogP contribution >= 0.6 is 0 Å². The molecule has 0 aliphatic heterocycles. The van der Waals surface area contributed by atoms with E-state index < -0.39 is 11.3 Å². The van der Waals surface area contributed by atoms with Gasteiger partial charge in [0.25, 0.3) is 0 Å². The standard InChI is InChI=1S/C21H26N2O4/c1-21(2,20(25)23-17-10-5-6-11-18(17)27-4)19(24)22-13-12-15-8-7-9-16(14-15)26-3/h5-11,14H,12-13H2,1-4H3,(H,22,24)(H,23,25). The Hall–Kier alpha value is -3.02. The number of methoxy groups -OCH3 is 2. The highest BCUT2D eigenvalue weighted by Gasteiger charge is 2.36. The summed E-state index contributed by atoms with van der Waals surface area (Å²) in [4.78, 5) is 25.2. The minimum absolute atomic E-state index is 0.335. The number of para-hydroxylation sites is 2. The molecule has 0 unspecified atom stereocenters. The fourth-order valence-corrected chi connectivity index (χ4v) is 2.50. The number of anilines is 1. The van der Waals surface area contributed by atoms with E-state index in [1.165, 1.54) is 7.11 Å². The Balaban J connectivity index is 1.94. The van der Waals surface area contributed by atoms with Gasteiger partial charge in [-0.1, -0.05) is 24.3 Å². The first-order chi connectivity index (χ1) is 12.9. The molecule has 6 nitrogen and oxygen atoms in total. The number of hydrogen-bond donors (Lipinski definition) is 2. The van der Waals surface area contributed by atoms with Crippen molar-refractivity contribution in [2.75, 3.05) is 26.1 Å². The SMILES string of the molecule is COc1cccc(CCNC(=O)C(C)(C)C(=O)Nc2ccccc2OC)c1. The van der Waals surface area contributed by atoms with Gasteiger partial charge in [-0.2, -0.15) is 0 Å². The van der Waals surface area contributed by atoms with Gasteiger partial charge in [0.05, 0.1) is 19.9 Å². The monoisotopic (exact) mass is 370 g/mol. The first-order valence-corrected chi connectivity index (χ1v) is 8.74. The van der Waals surface area contributed by atoms with E-state index in [0.717, 1.165) is 11.3 Å². The van der Waals surface area contributed by atoms with Gasteiger partial charge >= 0.3 is 0 Å². The minimum atomic E-state index is -1.23. The molecule has 0 radical (unpaired) electrons. The van der Waals surface area contributed by atoms with Crippen LogP contribution in [0.1, 0.15) is 19.4 Å². The molecule has 0 saturated heterocycles. The van der Waals surface area contributed by atoms with Gasteiger partial charge in [0.1, 0.15) is 16.9 Å². The Morgan fingerprint density at radius 3 is 2.41 bits per heavy atom. The van der Waals surface area contributed by atoms with Crippen molar-refractivity contribution in [1.82, 2.24) is 5.32 Å². The van der Waals surface area contributed by atoms with Gasteiger partial charge in [0.2, 0.25) is 11.8 Å². The van der Waals surface area contributed by atoms with Crippen LogP contribution < -0.4 is 20.1 Å². The smallest absolute Gasteiger partial charge is 0.239 e. The Kier molecular flexibility index (Phi) is 6.82. The largest absolute Gasteiger partial charge is 0.497 e. The van der Waals surface area contributed by atoms with Crippen molar-refractivity contribution >= 4 is 17.5 Å². The van der Waals surface area contributed by atoms with E-state index in [1.54, 1.807) is 39.2 Å². The minimum Gasteiger partial charge on any atom is -0.497 e. The second-order valence-electron chi connectivity index (χ2n) is 6.64. The first-order valence-electron chi connectivity index (χ1n) is 8.74. The molecule has 0 aromatic heterocycles. The molecular formula is C21H26N2O4. The zero-order valence-corrected chi connectivity index (χ0v) is 16.2. The van der Waals surface area contributed by atoms with Crippen LogP contribution in [0, 0.1) is 5.41 Å². The lowest BCUT2D eigenvalue weighted by atomic mass is 9.90. The molecule has 0 saturated carbocycles. The second-order valence-corrected chi connectivity index (χ2v) is 6.64. The summed E-state index contributed by atoms with van der Waals surface area (Å²) in [5.74, 6) is 0.583. The van der Waals surface area contributed by atoms with Crippen LogP contribution in [-0.2, 0) is 16.0 Å². The summed E-state index contributed by atoms with van der Waals surface area (Å²) in [7, 11) is 3.14. The molecular weight excluding hydrogens is 344 g/mol. The maximum absolute atomic E-state index is 12.6. The second kappa shape index (κ2) is 9.07. The molecule has 0 bridgehead atoms. The molecule has 144 valence electrons. The highest BCUT2D eigenvalue weighted by Crippen LogP contribution is 2.26. The highest BCUT2D eigenvalue weighted by molar-refractivity contribution is 6.10. The van der Waals surface area contributed by atoms with Crippen LogP contribution in [0.25, 0.3) is 0 Å². The molecule has 2 N–H and O–H groups in total. The maximum Gasteiger partial charge on any atom is 0.239 e. The lowest BCUT2D eigenvalue weighted by Gasteiger charge is -2.23. The zero-order chi connectivity index (χ0) is 19.9. The Morgan fingerprint density at radius 2 is 1.70 bits per heavy atom. The Bertz CT molecular complexity index is 802. The third kappa shape index (κ3) is 5.23. The summed E-state index contributed by atoms with van der Waals surface area (Å²) < 4.78 is 10.4. The van der Waals surface area contributed by atoms with E-state index in [4.69, 9.17) is 9.47 Å². The van der Waals surface area contributed by atoms with Gasteiger partial charge < -0.3 is 20.1 Å². The van der Waals surface area contributed by atoms with Crippen molar-refractivity contribution in [3.05, 3.63) is 54.1 Å². The van der Waals surface area contributed by atoms with Crippen LogP contribution in [-0.4, -0.2) is 32.6 Å². The average molecular weight is 370 g/mol. The lowest BCUT2D eigenvalue weighted by molar-refractivity contribution is -0.138. The molecule has 2 aromatic rings. The number of ether oxygens (including phenoxy) is 2. The summed E-state index contributed by atoms with van der Waals surface area (Å²) in [6, 6.07) is 14.7. The van der Waals surface area contributed by atoms with Gasteiger partial charge in [-0.3, -0.25) is 9.59 Å². The van der Waals surface area contributed by atoms with Crippen molar-refractivity contribution in [3.8, 4) is 11.5 Å². The molecule has 27 heavy (non-hydrogen) atoms. The Morgan fingerprint density at radius 1 is 0.963 bits per heavy atom. The number of carbonyl (C=O) groups is 2. The van der Waals surface area contributed by atoms with Crippen molar-refractivity contribution in [1.29, 1.82) is 0 Å². The normalized spacial score (nSPS) is 10.8. The van der Waals surface area contributed by atoms with Gasteiger partial charge in [0, 0.05) is 6.54 Å². The average Bonchev–Trinajstić information content (AvgIpc) is 2.68. The number of nitrogens with one attached hydrogen (secondary N) is 2. The van der Waals surface area contributed by atoms with E-state index in [9.17, 15) is 9.59 Å². The molecule has 0 spiro atoms. The summed E-state index contributed by atoms with van der Waals surface area (Å²) in [5.41, 5.74) is 0.350. The first kappa shape index (κ1) is 20.3. The maximum atomic E-state index is 12.6. The van der Waals surface area contributed by atoms with Crippen LogP contribution in [0.2, 0.25) is 0 Å². The number of amides is 2. The van der Waals surface area contributed by atoms with Crippen molar-refractivity contribution in [3.63, 3.8) is 0 Å². The zero-order valence-electron chi connectivity index (χ0n) is 16.2. The van der Waals surface area contributed by atoms with Crippen LogP contribution in [0.15, 0.2) is 48.5 Å². The predicted octanol–water partition coefficient (Wildman–Crippen LogP) is 3.03. The molecule has 2 rings (SSSR count).